The highest BCUT2D eigenvalue weighted by Gasteiger charge is 2.26. The standard InChI is InChI=1S/C40H84N.C14H10O4S/c1-5-9-13-17-21-25-29-33-37-41(38-34-30-26-22-18-14-10-6-2,39-35-31-27-23-19-15-11-7-3)40-36-32-28-24-20-16-12-8-4;15-13(16)9-5-1-3-7-11(9)19-12-8-4-2-6-10(12)14(17)18/h5-40H2,1-4H3;1-8H,(H,15,16)(H,17,18)/q+1;/p-1. The number of hydrogen-bond donors (Lipinski definition) is 1. The van der Waals surface area contributed by atoms with Crippen LogP contribution in [0, 0.1) is 0 Å². The number of aromatic carboxylic acids is 2. The summed E-state index contributed by atoms with van der Waals surface area (Å²) in [5.41, 5.74) is 0.188. The molecule has 5 nitrogen and oxygen atoms in total. The molecular weight excluding hydrogens is 759 g/mol. The number of hydrogen-bond acceptors (Lipinski definition) is 4. The zero-order chi connectivity index (χ0) is 43.8. The molecule has 6 heteroatoms. The number of carboxylic acids is 2. The Morgan fingerprint density at radius 2 is 0.667 bits per heavy atom. The number of quaternary nitrogens is 1. The van der Waals surface area contributed by atoms with Crippen LogP contribution < -0.4 is 5.11 Å². The van der Waals surface area contributed by atoms with Crippen molar-refractivity contribution in [3.8, 4) is 0 Å². The Balaban J connectivity index is 0.000000778. The number of carboxylic acid groups (broad SMARTS) is 2. The van der Waals surface area contributed by atoms with E-state index in [0.717, 1.165) is 11.8 Å². The lowest BCUT2D eigenvalue weighted by atomic mass is 10.0. The molecule has 60 heavy (non-hydrogen) atoms. The molecule has 0 saturated carbocycles. The lowest BCUT2D eigenvalue weighted by molar-refractivity contribution is -0.929. The van der Waals surface area contributed by atoms with Gasteiger partial charge in [0.25, 0.3) is 0 Å². The second kappa shape index (κ2) is 39.5. The molecule has 0 atom stereocenters. The number of unbranched alkanes of at least 4 members (excludes halogenated alkanes) is 28. The molecule has 0 aliphatic carbocycles. The Morgan fingerprint density at radius 1 is 0.417 bits per heavy atom. The van der Waals surface area contributed by atoms with Gasteiger partial charge in [0.15, 0.2) is 0 Å². The van der Waals surface area contributed by atoms with Gasteiger partial charge in [0.2, 0.25) is 0 Å². The largest absolute Gasteiger partial charge is 0.545 e. The SMILES string of the molecule is CCCCCCCCCC[N+](CCCCCCCCCC)(CCCCCCCCCC)CCCCCCCCCC.O=C([O-])c1ccccc1Sc1ccccc1C(=O)O. The maximum absolute atomic E-state index is 11.1. The minimum Gasteiger partial charge on any atom is -0.545 e. The smallest absolute Gasteiger partial charge is 0.336 e. The van der Waals surface area contributed by atoms with E-state index in [1.165, 1.54) is 248 Å². The molecule has 0 aliphatic heterocycles. The molecule has 0 aromatic heterocycles. The Labute approximate surface area is 375 Å². The van der Waals surface area contributed by atoms with Gasteiger partial charge in [-0.05, 0) is 69.6 Å². The summed E-state index contributed by atoms with van der Waals surface area (Å²) >= 11 is 1.10. The fourth-order valence-corrected chi connectivity index (χ4v) is 9.63. The van der Waals surface area contributed by atoms with Gasteiger partial charge in [-0.15, -0.1) is 0 Å². The van der Waals surface area contributed by atoms with E-state index in [-0.39, 0.29) is 11.1 Å². The van der Waals surface area contributed by atoms with Gasteiger partial charge in [-0.2, -0.15) is 0 Å². The summed E-state index contributed by atoms with van der Waals surface area (Å²) in [5, 5.41) is 20.1. The molecule has 0 heterocycles. The highest BCUT2D eigenvalue weighted by molar-refractivity contribution is 7.99. The predicted octanol–water partition coefficient (Wildman–Crippen LogP) is 16.3. The predicted molar refractivity (Wildman–Crippen MR) is 258 cm³/mol. The first kappa shape index (κ1) is 55.7. The van der Waals surface area contributed by atoms with E-state index in [2.05, 4.69) is 27.7 Å². The highest BCUT2D eigenvalue weighted by Crippen LogP contribution is 2.32. The summed E-state index contributed by atoms with van der Waals surface area (Å²) in [6.45, 7) is 15.3. The quantitative estimate of drug-likeness (QED) is 0.0534. The van der Waals surface area contributed by atoms with E-state index < -0.39 is 11.9 Å². The Bertz CT molecular complexity index is 1160. The summed E-state index contributed by atoms with van der Waals surface area (Å²) < 4.78 is 1.48. The Morgan fingerprint density at radius 3 is 0.950 bits per heavy atom. The zero-order valence-corrected chi connectivity index (χ0v) is 40.4. The van der Waals surface area contributed by atoms with E-state index >= 15 is 0 Å². The minimum absolute atomic E-state index is 0.0488. The second-order valence-electron chi connectivity index (χ2n) is 17.8. The monoisotopic (exact) mass is 852 g/mol. The zero-order valence-electron chi connectivity index (χ0n) is 39.6. The average molecular weight is 852 g/mol. The van der Waals surface area contributed by atoms with Crippen molar-refractivity contribution in [2.24, 2.45) is 0 Å². The average Bonchev–Trinajstić information content (AvgIpc) is 3.25. The molecule has 0 radical (unpaired) electrons. The van der Waals surface area contributed by atoms with Crippen LogP contribution in [-0.4, -0.2) is 47.7 Å². The topological polar surface area (TPSA) is 77.4 Å². The molecule has 0 saturated heterocycles. The van der Waals surface area contributed by atoms with Crippen molar-refractivity contribution in [3.63, 3.8) is 0 Å². The highest BCUT2D eigenvalue weighted by atomic mass is 32.2. The Kier molecular flexibility index (Phi) is 36.7. The van der Waals surface area contributed by atoms with Crippen LogP contribution >= 0.6 is 11.8 Å². The first-order valence-corrected chi connectivity index (χ1v) is 26.3. The van der Waals surface area contributed by atoms with Gasteiger partial charge in [-0.25, -0.2) is 4.79 Å². The summed E-state index contributed by atoms with van der Waals surface area (Å²) in [5.74, 6) is -2.33. The molecule has 2 rings (SSSR count). The number of carbonyl (C=O) groups excluding carboxylic acids is 1. The Hall–Kier alpha value is -2.31. The first-order valence-electron chi connectivity index (χ1n) is 25.5. The van der Waals surface area contributed by atoms with Gasteiger partial charge in [-0.3, -0.25) is 0 Å². The van der Waals surface area contributed by atoms with Crippen LogP contribution in [0.25, 0.3) is 0 Å². The van der Waals surface area contributed by atoms with Crippen molar-refractivity contribution < 1.29 is 24.3 Å². The van der Waals surface area contributed by atoms with Gasteiger partial charge in [0, 0.05) is 15.4 Å². The third-order valence-corrected chi connectivity index (χ3v) is 13.5. The molecule has 0 amide bonds. The molecule has 0 fully saturated rings. The molecule has 2 aromatic rings. The van der Waals surface area contributed by atoms with Gasteiger partial charge >= 0.3 is 5.97 Å². The lowest BCUT2D eigenvalue weighted by Crippen LogP contribution is -2.50. The van der Waals surface area contributed by atoms with Crippen LogP contribution in [0.1, 0.15) is 254 Å². The molecule has 0 bridgehead atoms. The maximum Gasteiger partial charge on any atom is 0.336 e. The van der Waals surface area contributed by atoms with Crippen molar-refractivity contribution in [2.45, 2.75) is 243 Å². The minimum atomic E-state index is -1.28. The van der Waals surface area contributed by atoms with E-state index in [1.807, 2.05) is 0 Å². The van der Waals surface area contributed by atoms with E-state index in [9.17, 15) is 14.7 Å². The van der Waals surface area contributed by atoms with E-state index in [0.29, 0.717) is 9.79 Å². The molecule has 0 unspecified atom stereocenters. The summed E-state index contributed by atoms with van der Waals surface area (Å²) in [7, 11) is 0. The van der Waals surface area contributed by atoms with Crippen LogP contribution in [0.15, 0.2) is 58.3 Å². The molecular formula is C54H93NO4S. The molecule has 0 spiro atoms. The summed E-state index contributed by atoms with van der Waals surface area (Å²) in [6, 6.07) is 12.8. The molecule has 0 aliphatic rings. The fourth-order valence-electron chi connectivity index (χ4n) is 8.57. The van der Waals surface area contributed by atoms with Crippen molar-refractivity contribution in [2.75, 3.05) is 26.2 Å². The van der Waals surface area contributed by atoms with Gasteiger partial charge in [-0.1, -0.05) is 224 Å². The van der Waals surface area contributed by atoms with Crippen LogP contribution in [0.5, 0.6) is 0 Å². The first-order chi connectivity index (χ1) is 29.3. The van der Waals surface area contributed by atoms with Crippen LogP contribution in [0.4, 0.5) is 0 Å². The third kappa shape index (κ3) is 29.1. The van der Waals surface area contributed by atoms with E-state index in [4.69, 9.17) is 5.11 Å². The van der Waals surface area contributed by atoms with Gasteiger partial charge < -0.3 is 19.5 Å². The van der Waals surface area contributed by atoms with Crippen molar-refractivity contribution in [1.29, 1.82) is 0 Å². The summed E-state index contributed by atoms with van der Waals surface area (Å²) in [4.78, 5) is 23.0. The summed E-state index contributed by atoms with van der Waals surface area (Å²) in [6.07, 6.45) is 46.7. The third-order valence-electron chi connectivity index (χ3n) is 12.4. The molecule has 1 N–H and O–H groups in total. The van der Waals surface area contributed by atoms with Crippen LogP contribution in [0.3, 0.4) is 0 Å². The lowest BCUT2D eigenvalue weighted by Gasteiger charge is -2.40. The normalized spacial score (nSPS) is 11.4. The van der Waals surface area contributed by atoms with Crippen LogP contribution in [0.2, 0.25) is 0 Å². The van der Waals surface area contributed by atoms with Crippen molar-refractivity contribution >= 4 is 23.7 Å². The second-order valence-corrected chi connectivity index (χ2v) is 18.9. The fraction of sp³-hybridized carbons (Fsp3) is 0.741. The van der Waals surface area contributed by atoms with Gasteiger partial charge in [0.05, 0.1) is 37.7 Å². The molecule has 344 valence electrons. The van der Waals surface area contributed by atoms with Gasteiger partial charge in [0.1, 0.15) is 0 Å². The van der Waals surface area contributed by atoms with Crippen LogP contribution in [-0.2, 0) is 0 Å². The molecule has 2 aromatic carbocycles. The maximum atomic E-state index is 11.1. The number of rotatable bonds is 40. The number of carbonyl (C=O) groups is 2. The number of benzene rings is 2. The van der Waals surface area contributed by atoms with E-state index in [1.54, 1.807) is 36.4 Å². The van der Waals surface area contributed by atoms with Crippen molar-refractivity contribution in [1.82, 2.24) is 0 Å². The number of nitrogens with zero attached hydrogens (tertiary/aromatic N) is 1. The van der Waals surface area contributed by atoms with Crippen molar-refractivity contribution in [3.05, 3.63) is 59.7 Å².